The van der Waals surface area contributed by atoms with Gasteiger partial charge in [-0.25, -0.2) is 9.67 Å². The molecular weight excluding hydrogens is 250 g/mol. The number of nitrogens with two attached hydrogens (primary N) is 1. The van der Waals surface area contributed by atoms with Gasteiger partial charge in [0.05, 0.1) is 6.04 Å². The lowest BCUT2D eigenvalue weighted by Gasteiger charge is -2.36. The van der Waals surface area contributed by atoms with Crippen molar-refractivity contribution >= 4 is 5.95 Å². The number of piperidine rings is 1. The van der Waals surface area contributed by atoms with Gasteiger partial charge < -0.3 is 5.73 Å². The van der Waals surface area contributed by atoms with Crippen molar-refractivity contribution in [3.05, 3.63) is 42.2 Å². The number of hydrogen-bond donors (Lipinski definition) is 1. The van der Waals surface area contributed by atoms with Gasteiger partial charge in [-0.1, -0.05) is 37.3 Å². The maximum Gasteiger partial charge on any atom is 0.239 e. The Bertz CT molecular complexity index is 550. The van der Waals surface area contributed by atoms with Crippen LogP contribution in [0.5, 0.6) is 0 Å². The van der Waals surface area contributed by atoms with Gasteiger partial charge in [-0.05, 0) is 17.9 Å². The van der Waals surface area contributed by atoms with Gasteiger partial charge in [0.1, 0.15) is 6.33 Å². The third-order valence-electron chi connectivity index (χ3n) is 4.06. The second-order valence-electron chi connectivity index (χ2n) is 5.64. The average Bonchev–Trinajstić information content (AvgIpc) is 2.86. The average molecular weight is 271 g/mol. The largest absolute Gasteiger partial charge is 0.367 e. The number of anilines is 1. The van der Waals surface area contributed by atoms with E-state index in [0.717, 1.165) is 26.1 Å². The predicted octanol–water partition coefficient (Wildman–Crippen LogP) is 1.94. The molecule has 1 aromatic carbocycles. The molecule has 1 aliphatic rings. The Morgan fingerprint density at radius 1 is 1.30 bits per heavy atom. The topological polar surface area (TPSA) is 60.0 Å². The Kier molecular flexibility index (Phi) is 3.69. The van der Waals surface area contributed by atoms with Crippen molar-refractivity contribution in [2.75, 3.05) is 18.8 Å². The molecule has 2 N–H and O–H groups in total. The van der Waals surface area contributed by atoms with E-state index in [1.165, 1.54) is 5.56 Å². The van der Waals surface area contributed by atoms with E-state index in [2.05, 4.69) is 52.2 Å². The van der Waals surface area contributed by atoms with Crippen LogP contribution in [0.1, 0.15) is 24.9 Å². The van der Waals surface area contributed by atoms with Crippen LogP contribution in [0.4, 0.5) is 5.95 Å². The van der Waals surface area contributed by atoms with E-state index in [4.69, 9.17) is 5.73 Å². The number of benzene rings is 1. The standard InChI is InChI=1S/C15H21N5/c1-12-9-19(10-13-5-3-2-4-6-13)8-7-14(12)20-11-17-15(16)18-20/h2-6,11-12,14H,7-10H2,1H3,(H2,16,18). The molecule has 1 aliphatic heterocycles. The molecule has 0 spiro atoms. The second-order valence-corrected chi connectivity index (χ2v) is 5.64. The number of rotatable bonds is 3. The molecule has 2 heterocycles. The van der Waals surface area contributed by atoms with Crippen LogP contribution in [0, 0.1) is 5.92 Å². The van der Waals surface area contributed by atoms with Crippen LogP contribution in [0.15, 0.2) is 36.7 Å². The highest BCUT2D eigenvalue weighted by Gasteiger charge is 2.28. The van der Waals surface area contributed by atoms with Gasteiger partial charge in [-0.2, -0.15) is 0 Å². The molecule has 1 fully saturated rings. The van der Waals surface area contributed by atoms with Crippen LogP contribution in [-0.4, -0.2) is 32.8 Å². The Balaban J connectivity index is 1.62. The summed E-state index contributed by atoms with van der Waals surface area (Å²) in [6.07, 6.45) is 2.85. The Morgan fingerprint density at radius 3 is 2.75 bits per heavy atom. The van der Waals surface area contributed by atoms with Gasteiger partial charge >= 0.3 is 0 Å². The summed E-state index contributed by atoms with van der Waals surface area (Å²) in [5.41, 5.74) is 6.98. The lowest BCUT2D eigenvalue weighted by molar-refractivity contribution is 0.120. The molecule has 3 rings (SSSR count). The molecule has 0 amide bonds. The Morgan fingerprint density at radius 2 is 2.10 bits per heavy atom. The highest BCUT2D eigenvalue weighted by Crippen LogP contribution is 2.28. The van der Waals surface area contributed by atoms with E-state index in [0.29, 0.717) is 17.9 Å². The van der Waals surface area contributed by atoms with Crippen molar-refractivity contribution in [3.8, 4) is 0 Å². The number of likely N-dealkylation sites (tertiary alicyclic amines) is 1. The van der Waals surface area contributed by atoms with Gasteiger partial charge in [0.15, 0.2) is 0 Å². The first kappa shape index (κ1) is 13.1. The van der Waals surface area contributed by atoms with E-state index >= 15 is 0 Å². The van der Waals surface area contributed by atoms with E-state index in [-0.39, 0.29) is 0 Å². The second kappa shape index (κ2) is 5.63. The Hall–Kier alpha value is -1.88. The van der Waals surface area contributed by atoms with Crippen molar-refractivity contribution < 1.29 is 0 Å². The third kappa shape index (κ3) is 2.82. The first-order valence-corrected chi connectivity index (χ1v) is 7.15. The minimum absolute atomic E-state index is 0.365. The van der Waals surface area contributed by atoms with Crippen LogP contribution in [0.2, 0.25) is 0 Å². The molecule has 2 atom stereocenters. The molecule has 5 nitrogen and oxygen atoms in total. The monoisotopic (exact) mass is 271 g/mol. The number of hydrogen-bond acceptors (Lipinski definition) is 4. The van der Waals surface area contributed by atoms with Gasteiger partial charge in [-0.3, -0.25) is 4.90 Å². The van der Waals surface area contributed by atoms with Crippen molar-refractivity contribution in [1.82, 2.24) is 19.7 Å². The quantitative estimate of drug-likeness (QED) is 0.927. The van der Waals surface area contributed by atoms with E-state index in [1.54, 1.807) is 6.33 Å². The zero-order chi connectivity index (χ0) is 13.9. The normalized spacial score (nSPS) is 23.9. The van der Waals surface area contributed by atoms with Gasteiger partial charge in [0.25, 0.3) is 0 Å². The lowest BCUT2D eigenvalue weighted by atomic mass is 9.93. The van der Waals surface area contributed by atoms with Gasteiger partial charge in [-0.15, -0.1) is 5.10 Å². The summed E-state index contributed by atoms with van der Waals surface area (Å²) in [5.74, 6) is 0.914. The van der Waals surface area contributed by atoms with E-state index in [1.807, 2.05) is 4.68 Å². The minimum Gasteiger partial charge on any atom is -0.367 e. The SMILES string of the molecule is CC1CN(Cc2ccccc2)CCC1n1cnc(N)n1. The van der Waals surface area contributed by atoms with E-state index in [9.17, 15) is 0 Å². The van der Waals surface area contributed by atoms with Crippen molar-refractivity contribution in [1.29, 1.82) is 0 Å². The van der Waals surface area contributed by atoms with Crippen LogP contribution in [0.3, 0.4) is 0 Å². The number of nitrogens with zero attached hydrogens (tertiary/aromatic N) is 4. The first-order chi connectivity index (χ1) is 9.72. The van der Waals surface area contributed by atoms with E-state index < -0.39 is 0 Å². The minimum atomic E-state index is 0.365. The maximum atomic E-state index is 5.61. The van der Waals surface area contributed by atoms with Crippen molar-refractivity contribution in [2.45, 2.75) is 25.9 Å². The lowest BCUT2D eigenvalue weighted by Crippen LogP contribution is -2.39. The smallest absolute Gasteiger partial charge is 0.239 e. The van der Waals surface area contributed by atoms with Crippen LogP contribution in [-0.2, 0) is 6.54 Å². The molecule has 2 unspecified atom stereocenters. The zero-order valence-corrected chi connectivity index (χ0v) is 11.8. The molecule has 2 aromatic rings. The molecule has 5 heteroatoms. The molecule has 0 bridgehead atoms. The highest BCUT2D eigenvalue weighted by molar-refractivity contribution is 5.14. The fraction of sp³-hybridized carbons (Fsp3) is 0.467. The summed E-state index contributed by atoms with van der Waals surface area (Å²) in [6, 6.07) is 11.1. The summed E-state index contributed by atoms with van der Waals surface area (Å²) in [5, 5.41) is 4.26. The molecule has 106 valence electrons. The fourth-order valence-electron chi connectivity index (χ4n) is 3.05. The Labute approximate surface area is 119 Å². The highest BCUT2D eigenvalue weighted by atomic mass is 15.4. The van der Waals surface area contributed by atoms with Crippen molar-refractivity contribution in [3.63, 3.8) is 0 Å². The number of aromatic nitrogens is 3. The molecule has 1 aromatic heterocycles. The molecule has 20 heavy (non-hydrogen) atoms. The summed E-state index contributed by atoms with van der Waals surface area (Å²) in [7, 11) is 0. The number of nitrogen functional groups attached to an aromatic ring is 1. The predicted molar refractivity (Wildman–Crippen MR) is 79.0 cm³/mol. The summed E-state index contributed by atoms with van der Waals surface area (Å²) in [4.78, 5) is 6.54. The van der Waals surface area contributed by atoms with Gasteiger partial charge in [0.2, 0.25) is 5.95 Å². The first-order valence-electron chi connectivity index (χ1n) is 7.15. The summed E-state index contributed by atoms with van der Waals surface area (Å²) < 4.78 is 1.93. The van der Waals surface area contributed by atoms with Crippen LogP contribution >= 0.6 is 0 Å². The maximum absolute atomic E-state index is 5.61. The molecule has 0 radical (unpaired) electrons. The molecule has 0 saturated carbocycles. The van der Waals surface area contributed by atoms with Crippen LogP contribution < -0.4 is 5.73 Å². The summed E-state index contributed by atoms with van der Waals surface area (Å²) >= 11 is 0. The molecule has 1 saturated heterocycles. The molecule has 0 aliphatic carbocycles. The molecular formula is C15H21N5. The zero-order valence-electron chi connectivity index (χ0n) is 11.8. The third-order valence-corrected chi connectivity index (χ3v) is 4.06. The van der Waals surface area contributed by atoms with Gasteiger partial charge in [0, 0.05) is 19.6 Å². The van der Waals surface area contributed by atoms with Crippen molar-refractivity contribution in [2.24, 2.45) is 5.92 Å². The van der Waals surface area contributed by atoms with Crippen LogP contribution in [0.25, 0.3) is 0 Å². The fourth-order valence-corrected chi connectivity index (χ4v) is 3.05. The summed E-state index contributed by atoms with van der Waals surface area (Å²) in [6.45, 7) is 5.47.